The molecule has 0 spiro atoms. The van der Waals surface area contributed by atoms with Gasteiger partial charge in [-0.1, -0.05) is 30.3 Å². The van der Waals surface area contributed by atoms with Crippen LogP contribution >= 0.6 is 0 Å². The molecule has 1 fully saturated rings. The smallest absolute Gasteiger partial charge is 0.120 e. The van der Waals surface area contributed by atoms with Gasteiger partial charge in [0, 0.05) is 12.0 Å². The molecule has 1 saturated carbocycles. The molecular weight excluding hydrogens is 222 g/mol. The predicted molar refractivity (Wildman–Crippen MR) is 72.6 cm³/mol. The van der Waals surface area contributed by atoms with Gasteiger partial charge in [0.2, 0.25) is 0 Å². The quantitative estimate of drug-likeness (QED) is 0.881. The number of aryl methyl sites for hydroxylation is 1. The third kappa shape index (κ3) is 2.34. The van der Waals surface area contributed by atoms with Crippen LogP contribution < -0.4 is 5.32 Å². The van der Waals surface area contributed by atoms with Crippen molar-refractivity contribution in [2.75, 3.05) is 0 Å². The Kier molecular flexibility index (Phi) is 2.96. The Morgan fingerprint density at radius 2 is 1.94 bits per heavy atom. The van der Waals surface area contributed by atoms with Crippen molar-refractivity contribution in [3.63, 3.8) is 0 Å². The summed E-state index contributed by atoms with van der Waals surface area (Å²) in [5, 5.41) is 3.64. The van der Waals surface area contributed by atoms with Crippen molar-refractivity contribution in [3.8, 4) is 0 Å². The van der Waals surface area contributed by atoms with Crippen LogP contribution in [-0.2, 0) is 0 Å². The zero-order valence-corrected chi connectivity index (χ0v) is 10.9. The minimum atomic E-state index is 0.289. The normalized spacial score (nSPS) is 23.9. The zero-order valence-electron chi connectivity index (χ0n) is 10.9. The molecular formula is C16H19NO. The van der Waals surface area contributed by atoms with Gasteiger partial charge in [-0.15, -0.1) is 0 Å². The standard InChI is InChI=1S/C16H19NO/c1-11-8-9-16(18-11)12(2)17-15-10-14(15)13-6-4-3-5-7-13/h3-9,12,14-15,17H,10H2,1-2H3. The number of benzene rings is 1. The van der Waals surface area contributed by atoms with E-state index < -0.39 is 0 Å². The first-order valence-electron chi connectivity index (χ1n) is 6.61. The van der Waals surface area contributed by atoms with E-state index in [2.05, 4.69) is 48.6 Å². The summed E-state index contributed by atoms with van der Waals surface area (Å²) in [6.07, 6.45) is 1.23. The van der Waals surface area contributed by atoms with E-state index in [-0.39, 0.29) is 6.04 Å². The van der Waals surface area contributed by atoms with Gasteiger partial charge in [-0.2, -0.15) is 0 Å². The highest BCUT2D eigenvalue weighted by Crippen LogP contribution is 2.41. The van der Waals surface area contributed by atoms with Crippen LogP contribution in [0.3, 0.4) is 0 Å². The van der Waals surface area contributed by atoms with Gasteiger partial charge in [-0.25, -0.2) is 0 Å². The van der Waals surface area contributed by atoms with Crippen molar-refractivity contribution < 1.29 is 4.42 Å². The molecule has 0 bridgehead atoms. The number of hydrogen-bond acceptors (Lipinski definition) is 2. The van der Waals surface area contributed by atoms with E-state index >= 15 is 0 Å². The lowest BCUT2D eigenvalue weighted by atomic mass is 10.1. The topological polar surface area (TPSA) is 25.2 Å². The molecule has 2 aromatic rings. The van der Waals surface area contributed by atoms with Gasteiger partial charge in [-0.05, 0) is 38.0 Å². The maximum atomic E-state index is 5.65. The summed E-state index contributed by atoms with van der Waals surface area (Å²) in [6, 6.07) is 15.7. The van der Waals surface area contributed by atoms with Crippen LogP contribution in [0.2, 0.25) is 0 Å². The summed E-state index contributed by atoms with van der Waals surface area (Å²) < 4.78 is 5.65. The van der Waals surface area contributed by atoms with Crippen LogP contribution in [0.5, 0.6) is 0 Å². The number of furan rings is 1. The Balaban J connectivity index is 1.60. The molecule has 1 aliphatic rings. The van der Waals surface area contributed by atoms with E-state index in [9.17, 15) is 0 Å². The highest BCUT2D eigenvalue weighted by Gasteiger charge is 2.39. The molecule has 94 valence electrons. The Morgan fingerprint density at radius 1 is 1.17 bits per heavy atom. The molecule has 0 aliphatic heterocycles. The first kappa shape index (κ1) is 11.5. The van der Waals surface area contributed by atoms with Gasteiger partial charge in [0.15, 0.2) is 0 Å². The van der Waals surface area contributed by atoms with Crippen molar-refractivity contribution in [3.05, 3.63) is 59.5 Å². The average Bonchev–Trinajstić information content (AvgIpc) is 3.01. The fourth-order valence-electron chi connectivity index (χ4n) is 2.54. The van der Waals surface area contributed by atoms with Crippen molar-refractivity contribution in [1.29, 1.82) is 0 Å². The van der Waals surface area contributed by atoms with E-state index in [0.29, 0.717) is 12.0 Å². The fourth-order valence-corrected chi connectivity index (χ4v) is 2.54. The molecule has 0 radical (unpaired) electrons. The Labute approximate surface area is 108 Å². The van der Waals surface area contributed by atoms with Crippen LogP contribution in [0.4, 0.5) is 0 Å². The average molecular weight is 241 g/mol. The van der Waals surface area contributed by atoms with Crippen LogP contribution in [0.1, 0.15) is 42.4 Å². The van der Waals surface area contributed by atoms with E-state index in [1.165, 1.54) is 12.0 Å². The first-order valence-corrected chi connectivity index (χ1v) is 6.61. The number of hydrogen-bond donors (Lipinski definition) is 1. The maximum Gasteiger partial charge on any atom is 0.120 e. The molecule has 3 atom stereocenters. The van der Waals surface area contributed by atoms with E-state index in [1.807, 2.05) is 13.0 Å². The number of rotatable bonds is 4. The molecule has 1 aliphatic carbocycles. The summed E-state index contributed by atoms with van der Waals surface area (Å²) in [5.74, 6) is 2.69. The van der Waals surface area contributed by atoms with Crippen LogP contribution in [0, 0.1) is 6.92 Å². The van der Waals surface area contributed by atoms with Crippen molar-refractivity contribution in [1.82, 2.24) is 5.32 Å². The van der Waals surface area contributed by atoms with E-state index in [0.717, 1.165) is 11.5 Å². The summed E-state index contributed by atoms with van der Waals surface area (Å²) in [6.45, 7) is 4.15. The van der Waals surface area contributed by atoms with Gasteiger partial charge in [0.05, 0.1) is 6.04 Å². The van der Waals surface area contributed by atoms with Gasteiger partial charge < -0.3 is 9.73 Å². The molecule has 1 heterocycles. The predicted octanol–water partition coefficient (Wildman–Crippen LogP) is 3.79. The second-order valence-electron chi connectivity index (χ2n) is 5.20. The molecule has 18 heavy (non-hydrogen) atoms. The molecule has 1 N–H and O–H groups in total. The van der Waals surface area contributed by atoms with Gasteiger partial charge in [0.25, 0.3) is 0 Å². The lowest BCUT2D eigenvalue weighted by Gasteiger charge is -2.11. The van der Waals surface area contributed by atoms with Gasteiger partial charge in [-0.3, -0.25) is 0 Å². The second-order valence-corrected chi connectivity index (χ2v) is 5.20. The summed E-state index contributed by atoms with van der Waals surface area (Å²) >= 11 is 0. The van der Waals surface area contributed by atoms with E-state index in [1.54, 1.807) is 0 Å². The fraction of sp³-hybridized carbons (Fsp3) is 0.375. The van der Waals surface area contributed by atoms with Crippen LogP contribution in [0.25, 0.3) is 0 Å². The van der Waals surface area contributed by atoms with E-state index in [4.69, 9.17) is 4.42 Å². The van der Waals surface area contributed by atoms with Crippen molar-refractivity contribution in [2.24, 2.45) is 0 Å². The van der Waals surface area contributed by atoms with Crippen molar-refractivity contribution in [2.45, 2.75) is 38.3 Å². The Bertz CT molecular complexity index is 517. The molecule has 1 aromatic heterocycles. The maximum absolute atomic E-state index is 5.65. The minimum Gasteiger partial charge on any atom is -0.465 e. The third-order valence-corrected chi connectivity index (χ3v) is 3.67. The Hall–Kier alpha value is -1.54. The lowest BCUT2D eigenvalue weighted by Crippen LogP contribution is -2.21. The largest absolute Gasteiger partial charge is 0.465 e. The highest BCUT2D eigenvalue weighted by molar-refractivity contribution is 5.28. The molecule has 1 aromatic carbocycles. The van der Waals surface area contributed by atoms with Crippen LogP contribution in [-0.4, -0.2) is 6.04 Å². The molecule has 0 amide bonds. The lowest BCUT2D eigenvalue weighted by molar-refractivity contribution is 0.413. The molecule has 3 unspecified atom stereocenters. The SMILES string of the molecule is Cc1ccc(C(C)NC2CC2c2ccccc2)o1. The van der Waals surface area contributed by atoms with Crippen molar-refractivity contribution >= 4 is 0 Å². The molecule has 2 nitrogen and oxygen atoms in total. The van der Waals surface area contributed by atoms with Crippen LogP contribution in [0.15, 0.2) is 46.9 Å². The summed E-state index contributed by atoms with van der Waals surface area (Å²) in [7, 11) is 0. The summed E-state index contributed by atoms with van der Waals surface area (Å²) in [5.41, 5.74) is 1.44. The van der Waals surface area contributed by atoms with Gasteiger partial charge in [0.1, 0.15) is 11.5 Å². The second kappa shape index (κ2) is 4.62. The minimum absolute atomic E-state index is 0.289. The third-order valence-electron chi connectivity index (χ3n) is 3.67. The number of nitrogens with one attached hydrogen (secondary N) is 1. The molecule has 3 rings (SSSR count). The Morgan fingerprint density at radius 3 is 2.61 bits per heavy atom. The molecule has 0 saturated heterocycles. The zero-order chi connectivity index (χ0) is 12.5. The first-order chi connectivity index (χ1) is 8.74. The monoisotopic (exact) mass is 241 g/mol. The summed E-state index contributed by atoms with van der Waals surface area (Å²) in [4.78, 5) is 0. The molecule has 2 heteroatoms. The van der Waals surface area contributed by atoms with Gasteiger partial charge >= 0.3 is 0 Å². The highest BCUT2D eigenvalue weighted by atomic mass is 16.3.